The molecular formula is C12H17NO. The van der Waals surface area contributed by atoms with Gasteiger partial charge >= 0.3 is 0 Å². The Kier molecular flexibility index (Phi) is 4.20. The Morgan fingerprint density at radius 3 is 2.86 bits per heavy atom. The molecule has 0 aliphatic rings. The van der Waals surface area contributed by atoms with Crippen molar-refractivity contribution < 1.29 is 4.74 Å². The quantitative estimate of drug-likeness (QED) is 0.573. The second-order valence-electron chi connectivity index (χ2n) is 3.25. The minimum atomic E-state index is 0.00920. The van der Waals surface area contributed by atoms with Crippen molar-refractivity contribution in [2.75, 3.05) is 6.61 Å². The largest absolute Gasteiger partial charge is 0.493 e. The van der Waals surface area contributed by atoms with Crippen LogP contribution in [-0.4, -0.2) is 6.61 Å². The van der Waals surface area contributed by atoms with Crippen LogP contribution in [0.5, 0.6) is 5.75 Å². The molecule has 1 rings (SSSR count). The number of ether oxygens (including phenoxy) is 1. The Balaban J connectivity index is 2.69. The van der Waals surface area contributed by atoms with Crippen molar-refractivity contribution in [3.8, 4) is 5.75 Å². The maximum Gasteiger partial charge on any atom is 0.124 e. The zero-order chi connectivity index (χ0) is 10.4. The van der Waals surface area contributed by atoms with Crippen molar-refractivity contribution in [3.05, 3.63) is 42.5 Å². The van der Waals surface area contributed by atoms with Gasteiger partial charge in [-0.2, -0.15) is 0 Å². The topological polar surface area (TPSA) is 35.2 Å². The van der Waals surface area contributed by atoms with Gasteiger partial charge in [0.25, 0.3) is 0 Å². The second kappa shape index (κ2) is 5.45. The number of rotatable bonds is 5. The van der Waals surface area contributed by atoms with Crippen LogP contribution >= 0.6 is 0 Å². The van der Waals surface area contributed by atoms with Gasteiger partial charge in [-0.1, -0.05) is 24.3 Å². The lowest BCUT2D eigenvalue weighted by atomic mass is 10.1. The molecule has 2 nitrogen and oxygen atoms in total. The van der Waals surface area contributed by atoms with E-state index in [2.05, 4.69) is 6.58 Å². The van der Waals surface area contributed by atoms with Crippen LogP contribution in [0.4, 0.5) is 0 Å². The molecule has 1 aromatic carbocycles. The monoisotopic (exact) mass is 191 g/mol. The summed E-state index contributed by atoms with van der Waals surface area (Å²) >= 11 is 0. The summed E-state index contributed by atoms with van der Waals surface area (Å²) in [6.45, 7) is 6.26. The minimum absolute atomic E-state index is 0.00920. The van der Waals surface area contributed by atoms with Gasteiger partial charge in [-0.15, -0.1) is 6.58 Å². The highest BCUT2D eigenvalue weighted by atomic mass is 16.5. The Morgan fingerprint density at radius 1 is 1.50 bits per heavy atom. The van der Waals surface area contributed by atoms with Crippen LogP contribution in [-0.2, 0) is 0 Å². The Bertz CT molecular complexity index is 294. The van der Waals surface area contributed by atoms with E-state index in [9.17, 15) is 0 Å². The zero-order valence-corrected chi connectivity index (χ0v) is 8.57. The molecule has 0 saturated carbocycles. The molecule has 0 radical (unpaired) electrons. The molecule has 76 valence electrons. The van der Waals surface area contributed by atoms with E-state index in [-0.39, 0.29) is 6.04 Å². The maximum absolute atomic E-state index is 5.82. The molecule has 0 aromatic heterocycles. The zero-order valence-electron chi connectivity index (χ0n) is 8.57. The molecule has 0 fully saturated rings. The molecule has 1 aromatic rings. The van der Waals surface area contributed by atoms with Gasteiger partial charge in [0, 0.05) is 11.6 Å². The van der Waals surface area contributed by atoms with Crippen molar-refractivity contribution in [2.45, 2.75) is 19.4 Å². The highest BCUT2D eigenvalue weighted by Gasteiger charge is 2.05. The summed E-state index contributed by atoms with van der Waals surface area (Å²) in [5, 5.41) is 0. The van der Waals surface area contributed by atoms with E-state index in [0.717, 1.165) is 17.7 Å². The molecule has 2 N–H and O–H groups in total. The second-order valence-corrected chi connectivity index (χ2v) is 3.25. The molecule has 0 bridgehead atoms. The SMILES string of the molecule is C=CCCOc1ccccc1[C@H](C)N. The Morgan fingerprint density at radius 2 is 2.21 bits per heavy atom. The van der Waals surface area contributed by atoms with E-state index in [0.29, 0.717) is 6.61 Å². The van der Waals surface area contributed by atoms with Crippen molar-refractivity contribution in [1.82, 2.24) is 0 Å². The van der Waals surface area contributed by atoms with Crippen LogP contribution in [0.2, 0.25) is 0 Å². The van der Waals surface area contributed by atoms with Crippen LogP contribution in [0.3, 0.4) is 0 Å². The van der Waals surface area contributed by atoms with E-state index in [1.807, 2.05) is 37.3 Å². The smallest absolute Gasteiger partial charge is 0.124 e. The van der Waals surface area contributed by atoms with Gasteiger partial charge < -0.3 is 10.5 Å². The Labute approximate surface area is 85.4 Å². The van der Waals surface area contributed by atoms with Gasteiger partial charge in [0.05, 0.1) is 6.61 Å². The molecular weight excluding hydrogens is 174 g/mol. The first-order valence-electron chi connectivity index (χ1n) is 4.84. The van der Waals surface area contributed by atoms with Gasteiger partial charge in [-0.3, -0.25) is 0 Å². The summed E-state index contributed by atoms with van der Waals surface area (Å²) in [6, 6.07) is 7.87. The number of benzene rings is 1. The van der Waals surface area contributed by atoms with Gasteiger partial charge in [-0.05, 0) is 19.4 Å². The van der Waals surface area contributed by atoms with Gasteiger partial charge in [0.15, 0.2) is 0 Å². The van der Waals surface area contributed by atoms with Crippen LogP contribution < -0.4 is 10.5 Å². The van der Waals surface area contributed by atoms with E-state index in [4.69, 9.17) is 10.5 Å². The third-order valence-electron chi connectivity index (χ3n) is 1.99. The summed E-state index contributed by atoms with van der Waals surface area (Å²) < 4.78 is 5.59. The third kappa shape index (κ3) is 2.89. The van der Waals surface area contributed by atoms with Crippen LogP contribution in [0.25, 0.3) is 0 Å². The standard InChI is InChI=1S/C12H17NO/c1-3-4-9-14-12-8-6-5-7-11(12)10(2)13/h3,5-8,10H,1,4,9,13H2,2H3/t10-/m0/s1. The lowest BCUT2D eigenvalue weighted by Gasteiger charge is -2.12. The molecule has 14 heavy (non-hydrogen) atoms. The first kappa shape index (κ1) is 10.8. The average molecular weight is 191 g/mol. The number of hydrogen-bond acceptors (Lipinski definition) is 2. The highest BCUT2D eigenvalue weighted by molar-refractivity contribution is 5.35. The summed E-state index contributed by atoms with van der Waals surface area (Å²) in [5.41, 5.74) is 6.87. The molecule has 0 aliphatic carbocycles. The fourth-order valence-corrected chi connectivity index (χ4v) is 1.24. The molecule has 0 unspecified atom stereocenters. The summed E-state index contributed by atoms with van der Waals surface area (Å²) in [5.74, 6) is 0.879. The van der Waals surface area contributed by atoms with Crippen molar-refractivity contribution >= 4 is 0 Å². The molecule has 0 heterocycles. The van der Waals surface area contributed by atoms with Crippen molar-refractivity contribution in [1.29, 1.82) is 0 Å². The van der Waals surface area contributed by atoms with Crippen LogP contribution in [0.1, 0.15) is 24.9 Å². The number of para-hydroxylation sites is 1. The molecule has 0 aliphatic heterocycles. The lowest BCUT2D eigenvalue weighted by molar-refractivity contribution is 0.320. The van der Waals surface area contributed by atoms with E-state index < -0.39 is 0 Å². The summed E-state index contributed by atoms with van der Waals surface area (Å²) in [4.78, 5) is 0. The van der Waals surface area contributed by atoms with E-state index >= 15 is 0 Å². The van der Waals surface area contributed by atoms with E-state index in [1.165, 1.54) is 0 Å². The third-order valence-corrected chi connectivity index (χ3v) is 1.99. The van der Waals surface area contributed by atoms with Crippen LogP contribution in [0.15, 0.2) is 36.9 Å². The van der Waals surface area contributed by atoms with Gasteiger partial charge in [0.2, 0.25) is 0 Å². The summed E-state index contributed by atoms with van der Waals surface area (Å²) in [7, 11) is 0. The van der Waals surface area contributed by atoms with E-state index in [1.54, 1.807) is 0 Å². The minimum Gasteiger partial charge on any atom is -0.493 e. The molecule has 0 saturated heterocycles. The fourth-order valence-electron chi connectivity index (χ4n) is 1.24. The predicted octanol–water partition coefficient (Wildman–Crippen LogP) is 2.66. The number of nitrogens with two attached hydrogens (primary N) is 1. The fraction of sp³-hybridized carbons (Fsp3) is 0.333. The van der Waals surface area contributed by atoms with Crippen LogP contribution in [0, 0.1) is 0 Å². The average Bonchev–Trinajstić information content (AvgIpc) is 2.19. The number of hydrogen-bond donors (Lipinski definition) is 1. The maximum atomic E-state index is 5.82. The first-order chi connectivity index (χ1) is 6.75. The molecule has 1 atom stereocenters. The molecule has 0 spiro atoms. The lowest BCUT2D eigenvalue weighted by Crippen LogP contribution is -2.08. The Hall–Kier alpha value is -1.28. The molecule has 2 heteroatoms. The molecule has 0 amide bonds. The first-order valence-corrected chi connectivity index (χ1v) is 4.84. The predicted molar refractivity (Wildman–Crippen MR) is 59.4 cm³/mol. The van der Waals surface area contributed by atoms with Gasteiger partial charge in [-0.25, -0.2) is 0 Å². The van der Waals surface area contributed by atoms with Gasteiger partial charge in [0.1, 0.15) is 5.75 Å². The summed E-state index contributed by atoms with van der Waals surface area (Å²) in [6.07, 6.45) is 2.70. The van der Waals surface area contributed by atoms with Crippen molar-refractivity contribution in [2.24, 2.45) is 5.73 Å². The normalized spacial score (nSPS) is 12.1. The van der Waals surface area contributed by atoms with Crippen molar-refractivity contribution in [3.63, 3.8) is 0 Å². The highest BCUT2D eigenvalue weighted by Crippen LogP contribution is 2.23.